The van der Waals surface area contributed by atoms with Gasteiger partial charge in [0.1, 0.15) is 13.1 Å². The summed E-state index contributed by atoms with van der Waals surface area (Å²) >= 11 is 0. The first-order valence-electron chi connectivity index (χ1n) is 6.59. The van der Waals surface area contributed by atoms with Gasteiger partial charge in [-0.05, 0) is 19.3 Å². The molecule has 0 radical (unpaired) electrons. The maximum Gasteiger partial charge on any atom is 0.323 e. The molecule has 2 fully saturated rings. The summed E-state index contributed by atoms with van der Waals surface area (Å²) in [5, 5.41) is 17.6. The van der Waals surface area contributed by atoms with Crippen LogP contribution in [0.4, 0.5) is 4.79 Å². The highest BCUT2D eigenvalue weighted by atomic mass is 16.5. The lowest BCUT2D eigenvalue weighted by Gasteiger charge is -2.39. The topological polar surface area (TPSA) is 107 Å². The predicted molar refractivity (Wildman–Crippen MR) is 66.3 cm³/mol. The highest BCUT2D eigenvalue weighted by Crippen LogP contribution is 2.30. The van der Waals surface area contributed by atoms with Crippen molar-refractivity contribution in [3.05, 3.63) is 0 Å². The number of urea groups is 1. The van der Waals surface area contributed by atoms with Gasteiger partial charge in [0.2, 0.25) is 0 Å². The third kappa shape index (κ3) is 3.19. The van der Waals surface area contributed by atoms with Gasteiger partial charge in [-0.15, -0.1) is 0 Å². The van der Waals surface area contributed by atoms with Crippen molar-refractivity contribution in [1.82, 2.24) is 9.80 Å². The minimum atomic E-state index is -1.23. The van der Waals surface area contributed by atoms with E-state index in [0.717, 1.165) is 24.2 Å². The fourth-order valence-corrected chi connectivity index (χ4v) is 2.86. The molecule has 1 aliphatic heterocycles. The summed E-state index contributed by atoms with van der Waals surface area (Å²) in [5.41, 5.74) is 0. The van der Waals surface area contributed by atoms with E-state index in [-0.39, 0.29) is 12.1 Å². The van der Waals surface area contributed by atoms with Gasteiger partial charge in [-0.2, -0.15) is 0 Å². The van der Waals surface area contributed by atoms with Crippen molar-refractivity contribution in [2.24, 2.45) is 0 Å². The van der Waals surface area contributed by atoms with Gasteiger partial charge in [0.05, 0.1) is 18.8 Å². The van der Waals surface area contributed by atoms with Crippen molar-refractivity contribution in [2.45, 2.75) is 31.4 Å². The van der Waals surface area contributed by atoms with Gasteiger partial charge < -0.3 is 24.7 Å². The van der Waals surface area contributed by atoms with E-state index in [1.54, 1.807) is 4.90 Å². The summed E-state index contributed by atoms with van der Waals surface area (Å²) in [6.45, 7) is -0.448. The fraction of sp³-hybridized carbons (Fsp3) is 0.750. The Morgan fingerprint density at radius 3 is 2.40 bits per heavy atom. The summed E-state index contributed by atoms with van der Waals surface area (Å²) < 4.78 is 5.58. The smallest absolute Gasteiger partial charge is 0.323 e. The zero-order chi connectivity index (χ0) is 14.7. The monoisotopic (exact) mass is 286 g/mol. The van der Waals surface area contributed by atoms with Crippen LogP contribution in [-0.4, -0.2) is 76.4 Å². The van der Waals surface area contributed by atoms with Crippen molar-refractivity contribution >= 4 is 18.0 Å². The van der Waals surface area contributed by atoms with E-state index >= 15 is 0 Å². The lowest BCUT2D eigenvalue weighted by Crippen LogP contribution is -2.56. The van der Waals surface area contributed by atoms with Crippen molar-refractivity contribution in [1.29, 1.82) is 0 Å². The molecule has 0 aromatic heterocycles. The molecule has 8 heteroatoms. The molecule has 2 rings (SSSR count). The van der Waals surface area contributed by atoms with Crippen LogP contribution in [0.1, 0.15) is 19.3 Å². The number of amides is 2. The maximum absolute atomic E-state index is 12.4. The molecular weight excluding hydrogens is 268 g/mol. The Morgan fingerprint density at radius 2 is 1.80 bits per heavy atom. The number of carbonyl (C=O) groups is 3. The summed E-state index contributed by atoms with van der Waals surface area (Å²) in [4.78, 5) is 36.3. The standard InChI is InChI=1S/C12H18N2O6/c15-10(16)6-13(7-11(17)18)12(19)14-4-5-20-9-3-1-2-8(9)14/h8-9H,1-7H2,(H,15,16)(H,17,18). The number of carbonyl (C=O) groups excluding carboxylic acids is 1. The van der Waals surface area contributed by atoms with Crippen LogP contribution in [-0.2, 0) is 14.3 Å². The lowest BCUT2D eigenvalue weighted by molar-refractivity contribution is -0.141. The van der Waals surface area contributed by atoms with Crippen molar-refractivity contribution in [3.8, 4) is 0 Å². The Balaban J connectivity index is 2.08. The van der Waals surface area contributed by atoms with E-state index < -0.39 is 31.1 Å². The average molecular weight is 286 g/mol. The minimum absolute atomic E-state index is 0.00999. The summed E-state index contributed by atoms with van der Waals surface area (Å²) in [5.74, 6) is -2.45. The normalized spacial score (nSPS) is 25.1. The Kier molecular flexibility index (Phi) is 4.43. The lowest BCUT2D eigenvalue weighted by atomic mass is 10.1. The number of nitrogens with zero attached hydrogens (tertiary/aromatic N) is 2. The first-order chi connectivity index (χ1) is 9.49. The van der Waals surface area contributed by atoms with Crippen LogP contribution >= 0.6 is 0 Å². The molecule has 1 heterocycles. The average Bonchev–Trinajstić information content (AvgIpc) is 2.83. The van der Waals surface area contributed by atoms with Gasteiger partial charge in [0, 0.05) is 6.54 Å². The van der Waals surface area contributed by atoms with Gasteiger partial charge in [0.15, 0.2) is 0 Å². The minimum Gasteiger partial charge on any atom is -0.480 e. The number of morpholine rings is 1. The van der Waals surface area contributed by atoms with Crippen molar-refractivity contribution in [2.75, 3.05) is 26.2 Å². The van der Waals surface area contributed by atoms with Crippen LogP contribution in [0.5, 0.6) is 0 Å². The number of ether oxygens (including phenoxy) is 1. The summed E-state index contributed by atoms with van der Waals surface area (Å²) in [7, 11) is 0. The Labute approximate surface area is 115 Å². The molecule has 2 unspecified atom stereocenters. The second-order valence-electron chi connectivity index (χ2n) is 5.03. The molecule has 2 N–H and O–H groups in total. The molecule has 1 aliphatic carbocycles. The zero-order valence-electron chi connectivity index (χ0n) is 11.0. The number of hydrogen-bond acceptors (Lipinski definition) is 4. The first kappa shape index (κ1) is 14.6. The van der Waals surface area contributed by atoms with Gasteiger partial charge in [-0.1, -0.05) is 0 Å². The molecule has 1 saturated carbocycles. The van der Waals surface area contributed by atoms with Crippen LogP contribution in [0, 0.1) is 0 Å². The maximum atomic E-state index is 12.4. The molecule has 0 spiro atoms. The second kappa shape index (κ2) is 6.08. The number of fused-ring (bicyclic) bond motifs is 1. The molecule has 1 saturated heterocycles. The largest absolute Gasteiger partial charge is 0.480 e. The summed E-state index contributed by atoms with van der Waals surface area (Å²) in [6, 6.07) is -0.601. The van der Waals surface area contributed by atoms with Crippen LogP contribution in [0.15, 0.2) is 0 Å². The molecule has 2 aliphatic rings. The van der Waals surface area contributed by atoms with Gasteiger partial charge >= 0.3 is 18.0 Å². The molecule has 20 heavy (non-hydrogen) atoms. The molecular formula is C12H18N2O6. The molecule has 2 amide bonds. The van der Waals surface area contributed by atoms with Crippen molar-refractivity contribution in [3.63, 3.8) is 0 Å². The van der Waals surface area contributed by atoms with E-state index in [0.29, 0.717) is 13.2 Å². The van der Waals surface area contributed by atoms with E-state index in [4.69, 9.17) is 14.9 Å². The highest BCUT2D eigenvalue weighted by Gasteiger charge is 2.40. The SMILES string of the molecule is O=C(O)CN(CC(=O)O)C(=O)N1CCOC2CCCC21. The van der Waals surface area contributed by atoms with Gasteiger partial charge in [-0.25, -0.2) is 4.79 Å². The van der Waals surface area contributed by atoms with E-state index in [9.17, 15) is 14.4 Å². The molecule has 0 aromatic rings. The Bertz CT molecular complexity index is 397. The van der Waals surface area contributed by atoms with Crippen LogP contribution < -0.4 is 0 Å². The third-order valence-electron chi connectivity index (χ3n) is 3.65. The van der Waals surface area contributed by atoms with Crippen LogP contribution in [0.3, 0.4) is 0 Å². The number of carboxylic acid groups (broad SMARTS) is 2. The molecule has 112 valence electrons. The van der Waals surface area contributed by atoms with Gasteiger partial charge in [-0.3, -0.25) is 9.59 Å². The predicted octanol–water partition coefficient (Wildman–Crippen LogP) is -0.169. The van der Waals surface area contributed by atoms with Crippen molar-refractivity contribution < 1.29 is 29.3 Å². The fourth-order valence-electron chi connectivity index (χ4n) is 2.86. The Hall–Kier alpha value is -1.83. The number of carboxylic acids is 2. The molecule has 2 atom stereocenters. The third-order valence-corrected chi connectivity index (χ3v) is 3.65. The van der Waals surface area contributed by atoms with Crippen LogP contribution in [0.25, 0.3) is 0 Å². The first-order valence-corrected chi connectivity index (χ1v) is 6.59. The van der Waals surface area contributed by atoms with E-state index in [1.165, 1.54) is 0 Å². The highest BCUT2D eigenvalue weighted by molar-refractivity contribution is 5.84. The molecule has 8 nitrogen and oxygen atoms in total. The second-order valence-corrected chi connectivity index (χ2v) is 5.03. The number of rotatable bonds is 4. The van der Waals surface area contributed by atoms with Gasteiger partial charge in [0.25, 0.3) is 0 Å². The molecule has 0 bridgehead atoms. The quantitative estimate of drug-likeness (QED) is 0.743. The zero-order valence-corrected chi connectivity index (χ0v) is 11.0. The van der Waals surface area contributed by atoms with Crippen LogP contribution in [0.2, 0.25) is 0 Å². The molecule has 0 aromatic carbocycles. The van der Waals surface area contributed by atoms with E-state index in [2.05, 4.69) is 0 Å². The summed E-state index contributed by atoms with van der Waals surface area (Å²) in [6.07, 6.45) is 2.64. The van der Waals surface area contributed by atoms with E-state index in [1.807, 2.05) is 0 Å². The number of aliphatic carboxylic acids is 2. The number of hydrogen-bond donors (Lipinski definition) is 2. The Morgan fingerprint density at radius 1 is 1.15 bits per heavy atom.